The van der Waals surface area contributed by atoms with Crippen LogP contribution in [0.4, 0.5) is 0 Å². The minimum Gasteiger partial charge on any atom is -0.355 e. The lowest BCUT2D eigenvalue weighted by atomic mass is 10.1. The third kappa shape index (κ3) is 5.23. The first-order valence-electron chi connectivity index (χ1n) is 6.01. The Hall–Kier alpha value is -2.32. The fraction of sp³-hybridized carbons (Fsp3) is 0.286. The fourth-order valence-corrected chi connectivity index (χ4v) is 1.41. The SMILES string of the molecule is CCNC(=O)CNC(=O)c1cccc(C#CCN)c1. The highest BCUT2D eigenvalue weighted by molar-refractivity contribution is 5.96. The molecular formula is C14H17N3O2. The number of likely N-dealkylation sites (N-methyl/N-ethyl adjacent to an activating group) is 1. The van der Waals surface area contributed by atoms with Crippen LogP contribution in [0.3, 0.4) is 0 Å². The van der Waals surface area contributed by atoms with Crippen LogP contribution in [-0.4, -0.2) is 31.4 Å². The second-order valence-electron chi connectivity index (χ2n) is 3.72. The van der Waals surface area contributed by atoms with E-state index in [1.165, 1.54) is 0 Å². The lowest BCUT2D eigenvalue weighted by Gasteiger charge is -2.05. The number of amides is 2. The van der Waals surface area contributed by atoms with Crippen LogP contribution in [0.2, 0.25) is 0 Å². The Kier molecular flexibility index (Phi) is 6.13. The molecular weight excluding hydrogens is 242 g/mol. The maximum Gasteiger partial charge on any atom is 0.251 e. The van der Waals surface area contributed by atoms with Crippen LogP contribution in [0.25, 0.3) is 0 Å². The van der Waals surface area contributed by atoms with Gasteiger partial charge in [-0.2, -0.15) is 0 Å². The predicted molar refractivity (Wildman–Crippen MR) is 73.4 cm³/mol. The highest BCUT2D eigenvalue weighted by Crippen LogP contribution is 2.03. The maximum absolute atomic E-state index is 11.8. The summed E-state index contributed by atoms with van der Waals surface area (Å²) in [6.07, 6.45) is 0. The van der Waals surface area contributed by atoms with Crippen LogP contribution < -0.4 is 16.4 Å². The molecule has 0 saturated heterocycles. The Morgan fingerprint density at radius 3 is 2.79 bits per heavy atom. The quantitative estimate of drug-likeness (QED) is 0.658. The molecule has 100 valence electrons. The van der Waals surface area contributed by atoms with Gasteiger partial charge in [-0.05, 0) is 25.1 Å². The van der Waals surface area contributed by atoms with Gasteiger partial charge in [0, 0.05) is 17.7 Å². The van der Waals surface area contributed by atoms with Crippen LogP contribution in [0.15, 0.2) is 24.3 Å². The molecule has 1 aromatic carbocycles. The van der Waals surface area contributed by atoms with Crippen molar-refractivity contribution in [2.24, 2.45) is 5.73 Å². The Balaban J connectivity index is 2.64. The van der Waals surface area contributed by atoms with Crippen molar-refractivity contribution in [2.45, 2.75) is 6.92 Å². The van der Waals surface area contributed by atoms with Crippen molar-refractivity contribution in [3.8, 4) is 11.8 Å². The zero-order valence-electron chi connectivity index (χ0n) is 10.8. The van der Waals surface area contributed by atoms with E-state index >= 15 is 0 Å². The van der Waals surface area contributed by atoms with E-state index in [2.05, 4.69) is 22.5 Å². The number of benzene rings is 1. The molecule has 0 heterocycles. The lowest BCUT2D eigenvalue weighted by molar-refractivity contribution is -0.120. The van der Waals surface area contributed by atoms with Gasteiger partial charge in [0.2, 0.25) is 5.91 Å². The first-order chi connectivity index (χ1) is 9.17. The minimum absolute atomic E-state index is 0.0363. The van der Waals surface area contributed by atoms with Crippen molar-refractivity contribution in [1.29, 1.82) is 0 Å². The van der Waals surface area contributed by atoms with Crippen molar-refractivity contribution in [2.75, 3.05) is 19.6 Å². The molecule has 5 nitrogen and oxygen atoms in total. The molecule has 0 fully saturated rings. The molecule has 5 heteroatoms. The molecule has 0 radical (unpaired) electrons. The van der Waals surface area contributed by atoms with Gasteiger partial charge in [0.25, 0.3) is 5.91 Å². The van der Waals surface area contributed by atoms with Gasteiger partial charge in [0.15, 0.2) is 0 Å². The van der Waals surface area contributed by atoms with E-state index in [1.807, 2.05) is 6.92 Å². The second kappa shape index (κ2) is 7.90. The lowest BCUT2D eigenvalue weighted by Crippen LogP contribution is -2.36. The zero-order chi connectivity index (χ0) is 14.1. The molecule has 0 bridgehead atoms. The average Bonchev–Trinajstić information content (AvgIpc) is 2.43. The third-order valence-corrected chi connectivity index (χ3v) is 2.24. The first kappa shape index (κ1) is 14.7. The van der Waals surface area contributed by atoms with Crippen molar-refractivity contribution >= 4 is 11.8 Å². The summed E-state index contributed by atoms with van der Waals surface area (Å²) in [5.41, 5.74) is 6.47. The number of nitrogens with two attached hydrogens (primary N) is 1. The summed E-state index contributed by atoms with van der Waals surface area (Å²) in [7, 11) is 0. The van der Waals surface area contributed by atoms with E-state index in [-0.39, 0.29) is 24.9 Å². The van der Waals surface area contributed by atoms with E-state index in [1.54, 1.807) is 24.3 Å². The summed E-state index contributed by atoms with van der Waals surface area (Å²) in [5, 5.41) is 5.14. The molecule has 0 atom stereocenters. The molecule has 19 heavy (non-hydrogen) atoms. The third-order valence-electron chi connectivity index (χ3n) is 2.24. The molecule has 0 spiro atoms. The minimum atomic E-state index is -0.303. The molecule has 0 aliphatic rings. The van der Waals surface area contributed by atoms with Gasteiger partial charge < -0.3 is 16.4 Å². The Morgan fingerprint density at radius 1 is 1.32 bits per heavy atom. The van der Waals surface area contributed by atoms with Gasteiger partial charge in [0.1, 0.15) is 0 Å². The number of carbonyl (C=O) groups excluding carboxylic acids is 2. The Labute approximate surface area is 112 Å². The van der Waals surface area contributed by atoms with E-state index in [4.69, 9.17) is 5.73 Å². The highest BCUT2D eigenvalue weighted by Gasteiger charge is 2.07. The van der Waals surface area contributed by atoms with Gasteiger partial charge in [-0.15, -0.1) is 0 Å². The maximum atomic E-state index is 11.8. The van der Waals surface area contributed by atoms with Gasteiger partial charge in [-0.1, -0.05) is 17.9 Å². The molecule has 1 aromatic rings. The summed E-state index contributed by atoms with van der Waals surface area (Å²) < 4.78 is 0. The topological polar surface area (TPSA) is 84.2 Å². The van der Waals surface area contributed by atoms with Crippen LogP contribution in [0, 0.1) is 11.8 Å². The van der Waals surface area contributed by atoms with E-state index < -0.39 is 0 Å². The summed E-state index contributed by atoms with van der Waals surface area (Å²) in [5.74, 6) is 5.05. The van der Waals surface area contributed by atoms with Crippen molar-refractivity contribution in [3.05, 3.63) is 35.4 Å². The number of nitrogens with one attached hydrogen (secondary N) is 2. The van der Waals surface area contributed by atoms with Crippen molar-refractivity contribution < 1.29 is 9.59 Å². The van der Waals surface area contributed by atoms with Crippen LogP contribution in [0.1, 0.15) is 22.8 Å². The highest BCUT2D eigenvalue weighted by atomic mass is 16.2. The van der Waals surface area contributed by atoms with Crippen LogP contribution >= 0.6 is 0 Å². The smallest absolute Gasteiger partial charge is 0.251 e. The number of rotatable bonds is 4. The van der Waals surface area contributed by atoms with E-state index in [9.17, 15) is 9.59 Å². The summed E-state index contributed by atoms with van der Waals surface area (Å²) in [4.78, 5) is 23.0. The second-order valence-corrected chi connectivity index (χ2v) is 3.72. The summed E-state index contributed by atoms with van der Waals surface area (Å²) >= 11 is 0. The monoisotopic (exact) mass is 259 g/mol. The van der Waals surface area contributed by atoms with Gasteiger partial charge in [0.05, 0.1) is 13.1 Å². The fourth-order valence-electron chi connectivity index (χ4n) is 1.41. The number of hydrogen-bond acceptors (Lipinski definition) is 3. The van der Waals surface area contributed by atoms with Crippen molar-refractivity contribution in [1.82, 2.24) is 10.6 Å². The van der Waals surface area contributed by atoms with E-state index in [0.29, 0.717) is 12.1 Å². The number of carbonyl (C=O) groups is 2. The number of hydrogen-bond donors (Lipinski definition) is 3. The molecule has 0 aliphatic heterocycles. The summed E-state index contributed by atoms with van der Waals surface area (Å²) in [6, 6.07) is 6.86. The molecule has 0 unspecified atom stereocenters. The van der Waals surface area contributed by atoms with Crippen molar-refractivity contribution in [3.63, 3.8) is 0 Å². The van der Waals surface area contributed by atoms with Gasteiger partial charge in [-0.3, -0.25) is 9.59 Å². The zero-order valence-corrected chi connectivity index (χ0v) is 10.8. The van der Waals surface area contributed by atoms with Crippen LogP contribution in [-0.2, 0) is 4.79 Å². The molecule has 2 amide bonds. The molecule has 4 N–H and O–H groups in total. The van der Waals surface area contributed by atoms with E-state index in [0.717, 1.165) is 5.56 Å². The molecule has 1 rings (SSSR count). The molecule has 0 aromatic heterocycles. The predicted octanol–water partition coefficient (Wildman–Crippen LogP) is -0.137. The Morgan fingerprint density at radius 2 is 2.11 bits per heavy atom. The first-order valence-corrected chi connectivity index (χ1v) is 6.01. The molecule has 0 saturated carbocycles. The largest absolute Gasteiger partial charge is 0.355 e. The summed E-state index contributed by atoms with van der Waals surface area (Å²) in [6.45, 7) is 2.59. The standard InChI is InChI=1S/C14H17N3O2/c1-2-16-13(18)10-17-14(19)12-7-3-5-11(9-12)6-4-8-15/h3,5,7,9H,2,8,10,15H2,1H3,(H,16,18)(H,17,19). The Bertz CT molecular complexity index is 515. The molecule has 0 aliphatic carbocycles. The average molecular weight is 259 g/mol. The van der Waals surface area contributed by atoms with Gasteiger partial charge in [-0.25, -0.2) is 0 Å². The van der Waals surface area contributed by atoms with Gasteiger partial charge >= 0.3 is 0 Å². The van der Waals surface area contributed by atoms with Crippen LogP contribution in [0.5, 0.6) is 0 Å². The normalized spacial score (nSPS) is 9.16.